The zero-order valence-electron chi connectivity index (χ0n) is 22.7. The molecule has 39 heavy (non-hydrogen) atoms. The van der Waals surface area contributed by atoms with Gasteiger partial charge in [-0.25, -0.2) is 4.98 Å². The molecule has 6 nitrogen and oxygen atoms in total. The van der Waals surface area contributed by atoms with Crippen LogP contribution in [0.25, 0.3) is 21.8 Å². The number of amides is 1. The summed E-state index contributed by atoms with van der Waals surface area (Å²) in [5, 5.41) is 5.29. The zero-order chi connectivity index (χ0) is 27.0. The Morgan fingerprint density at radius 1 is 0.872 bits per heavy atom. The highest BCUT2D eigenvalue weighted by Crippen LogP contribution is 2.25. The summed E-state index contributed by atoms with van der Waals surface area (Å²) in [6, 6.07) is 28.7. The Balaban J connectivity index is 1.13. The maximum absolute atomic E-state index is 12.3. The van der Waals surface area contributed by atoms with Crippen molar-refractivity contribution in [3.05, 3.63) is 102 Å². The number of aryl methyl sites for hydroxylation is 4. The summed E-state index contributed by atoms with van der Waals surface area (Å²) in [6.07, 6.45) is 2.44. The third kappa shape index (κ3) is 6.58. The molecule has 0 bridgehead atoms. The molecule has 4 aromatic carbocycles. The predicted octanol–water partition coefficient (Wildman–Crippen LogP) is 6.40. The molecule has 1 aromatic heterocycles. The van der Waals surface area contributed by atoms with Gasteiger partial charge in [-0.1, -0.05) is 60.7 Å². The van der Waals surface area contributed by atoms with Crippen LogP contribution in [0.1, 0.15) is 29.8 Å². The molecule has 5 aromatic rings. The van der Waals surface area contributed by atoms with Gasteiger partial charge < -0.3 is 19.4 Å². The fourth-order valence-corrected chi connectivity index (χ4v) is 4.82. The van der Waals surface area contributed by atoms with E-state index >= 15 is 0 Å². The summed E-state index contributed by atoms with van der Waals surface area (Å²) in [5.41, 5.74) is 4.26. The van der Waals surface area contributed by atoms with Crippen LogP contribution in [0, 0.1) is 13.8 Å². The van der Waals surface area contributed by atoms with Crippen molar-refractivity contribution in [2.24, 2.45) is 0 Å². The number of aromatic nitrogens is 2. The summed E-state index contributed by atoms with van der Waals surface area (Å²) in [7, 11) is 0. The molecule has 5 rings (SSSR count). The molecule has 0 saturated heterocycles. The normalized spacial score (nSPS) is 11.1. The van der Waals surface area contributed by atoms with Crippen molar-refractivity contribution in [2.45, 2.75) is 39.7 Å². The molecule has 0 aliphatic heterocycles. The predicted molar refractivity (Wildman–Crippen MR) is 157 cm³/mol. The van der Waals surface area contributed by atoms with E-state index in [9.17, 15) is 4.79 Å². The smallest absolute Gasteiger partial charge is 0.257 e. The average Bonchev–Trinajstić information content (AvgIpc) is 3.31. The second kappa shape index (κ2) is 12.5. The van der Waals surface area contributed by atoms with Crippen molar-refractivity contribution in [3.8, 4) is 11.5 Å². The van der Waals surface area contributed by atoms with Gasteiger partial charge in [0, 0.05) is 24.9 Å². The first kappa shape index (κ1) is 26.3. The third-order valence-corrected chi connectivity index (χ3v) is 6.87. The summed E-state index contributed by atoms with van der Waals surface area (Å²) < 4.78 is 14.2. The lowest BCUT2D eigenvalue weighted by Crippen LogP contribution is -2.30. The molecule has 1 heterocycles. The number of benzene rings is 4. The lowest BCUT2D eigenvalue weighted by Gasteiger charge is -2.12. The molecule has 1 N–H and O–H groups in total. The molecule has 0 atom stereocenters. The summed E-state index contributed by atoms with van der Waals surface area (Å²) in [5.74, 6) is 2.58. The largest absolute Gasteiger partial charge is 0.493 e. The van der Waals surface area contributed by atoms with Gasteiger partial charge in [-0.2, -0.15) is 0 Å². The highest BCUT2D eigenvalue weighted by Gasteiger charge is 2.11. The number of para-hydroxylation sites is 2. The lowest BCUT2D eigenvalue weighted by molar-refractivity contribution is -0.123. The Hall–Kier alpha value is -4.32. The number of carbonyl (C=O) groups excluding carboxylic acids is 1. The van der Waals surface area contributed by atoms with Crippen LogP contribution in [-0.2, 0) is 17.8 Å². The molecule has 0 aliphatic rings. The minimum absolute atomic E-state index is 0.0134. The quantitative estimate of drug-likeness (QED) is 0.193. The number of hydrogen-bond acceptors (Lipinski definition) is 4. The maximum atomic E-state index is 12.3. The van der Waals surface area contributed by atoms with Crippen LogP contribution in [0.3, 0.4) is 0 Å². The van der Waals surface area contributed by atoms with Gasteiger partial charge in [-0.3, -0.25) is 4.79 Å². The molecule has 0 aliphatic carbocycles. The molecule has 6 heteroatoms. The molecule has 0 spiro atoms. The zero-order valence-corrected chi connectivity index (χ0v) is 22.7. The van der Waals surface area contributed by atoms with Crippen LogP contribution in [-0.4, -0.2) is 35.2 Å². The Labute approximate surface area is 229 Å². The Kier molecular flexibility index (Phi) is 8.42. The molecule has 0 radical (unpaired) electrons. The van der Waals surface area contributed by atoms with Gasteiger partial charge in [0.15, 0.2) is 6.61 Å². The van der Waals surface area contributed by atoms with E-state index in [0.29, 0.717) is 13.2 Å². The van der Waals surface area contributed by atoms with Gasteiger partial charge in [-0.05, 0) is 67.5 Å². The highest BCUT2D eigenvalue weighted by molar-refractivity contribution is 5.88. The number of ether oxygens (including phenoxy) is 2. The third-order valence-electron chi connectivity index (χ3n) is 6.87. The summed E-state index contributed by atoms with van der Waals surface area (Å²) >= 11 is 0. The minimum Gasteiger partial charge on any atom is -0.493 e. The van der Waals surface area contributed by atoms with Crippen LogP contribution in [0.2, 0.25) is 0 Å². The van der Waals surface area contributed by atoms with Crippen molar-refractivity contribution in [1.82, 2.24) is 14.9 Å². The molecule has 0 fully saturated rings. The van der Waals surface area contributed by atoms with Crippen LogP contribution in [0.15, 0.2) is 84.9 Å². The monoisotopic (exact) mass is 521 g/mol. The van der Waals surface area contributed by atoms with Crippen LogP contribution >= 0.6 is 0 Å². The first-order valence-electron chi connectivity index (χ1n) is 13.6. The molecular weight excluding hydrogens is 486 g/mol. The van der Waals surface area contributed by atoms with Crippen molar-refractivity contribution in [2.75, 3.05) is 19.8 Å². The number of hydrogen-bond donors (Lipinski definition) is 1. The van der Waals surface area contributed by atoms with Crippen molar-refractivity contribution in [1.29, 1.82) is 0 Å². The first-order valence-corrected chi connectivity index (χ1v) is 13.6. The van der Waals surface area contributed by atoms with Crippen molar-refractivity contribution >= 4 is 27.7 Å². The fourth-order valence-electron chi connectivity index (χ4n) is 4.82. The van der Waals surface area contributed by atoms with E-state index in [-0.39, 0.29) is 12.5 Å². The van der Waals surface area contributed by atoms with Crippen molar-refractivity contribution in [3.63, 3.8) is 0 Å². The Morgan fingerprint density at radius 3 is 2.62 bits per heavy atom. The van der Waals surface area contributed by atoms with E-state index in [0.717, 1.165) is 70.7 Å². The molecule has 200 valence electrons. The maximum Gasteiger partial charge on any atom is 0.257 e. The Bertz CT molecular complexity index is 1570. The minimum atomic E-state index is -0.116. The van der Waals surface area contributed by atoms with E-state index in [2.05, 4.69) is 34.1 Å². The number of fused-ring (bicyclic) bond motifs is 2. The standard InChI is InChI=1S/C33H35N3O3/c1-24-17-18-25(2)31(22-24)39-23-33(37)34-19-8-16-32-35-28-13-5-6-14-29(28)36(32)20-9-21-38-30-15-7-11-26-10-3-4-12-27(26)30/h3-7,10-15,17-18,22H,8-9,16,19-21,23H2,1-2H3,(H,34,37). The molecular formula is C33H35N3O3. The number of nitrogens with zero attached hydrogens (tertiary/aromatic N) is 2. The van der Waals surface area contributed by atoms with Gasteiger partial charge >= 0.3 is 0 Å². The average molecular weight is 522 g/mol. The molecule has 1 amide bonds. The van der Waals surface area contributed by atoms with Gasteiger partial charge in [0.2, 0.25) is 0 Å². The van der Waals surface area contributed by atoms with Crippen LogP contribution in [0.5, 0.6) is 11.5 Å². The number of imidazole rings is 1. The molecule has 0 saturated carbocycles. The van der Waals surface area contributed by atoms with E-state index in [1.54, 1.807) is 0 Å². The fraction of sp³-hybridized carbons (Fsp3) is 0.273. The Morgan fingerprint density at radius 2 is 1.69 bits per heavy atom. The van der Waals surface area contributed by atoms with E-state index in [1.807, 2.05) is 74.5 Å². The topological polar surface area (TPSA) is 65.4 Å². The number of carbonyl (C=O) groups is 1. The summed E-state index contributed by atoms with van der Waals surface area (Å²) in [4.78, 5) is 17.2. The van der Waals surface area contributed by atoms with Crippen LogP contribution in [0.4, 0.5) is 0 Å². The SMILES string of the molecule is Cc1ccc(C)c(OCC(=O)NCCCc2nc3ccccc3n2CCCOc2cccc3ccccc23)c1. The van der Waals surface area contributed by atoms with Crippen molar-refractivity contribution < 1.29 is 14.3 Å². The van der Waals surface area contributed by atoms with E-state index < -0.39 is 0 Å². The van der Waals surface area contributed by atoms with Gasteiger partial charge in [0.05, 0.1) is 17.6 Å². The highest BCUT2D eigenvalue weighted by atomic mass is 16.5. The second-order valence-corrected chi connectivity index (χ2v) is 9.86. The number of nitrogens with one attached hydrogen (secondary N) is 1. The summed E-state index contributed by atoms with van der Waals surface area (Å²) in [6.45, 7) is 6.02. The van der Waals surface area contributed by atoms with Gasteiger partial charge in [0.25, 0.3) is 5.91 Å². The lowest BCUT2D eigenvalue weighted by atomic mass is 10.1. The van der Waals surface area contributed by atoms with Gasteiger partial charge in [0.1, 0.15) is 17.3 Å². The first-order chi connectivity index (χ1) is 19.1. The molecule has 0 unspecified atom stereocenters. The van der Waals surface area contributed by atoms with E-state index in [4.69, 9.17) is 14.5 Å². The second-order valence-electron chi connectivity index (χ2n) is 9.86. The number of rotatable bonds is 12. The van der Waals surface area contributed by atoms with Gasteiger partial charge in [-0.15, -0.1) is 0 Å². The van der Waals surface area contributed by atoms with Crippen LogP contribution < -0.4 is 14.8 Å². The van der Waals surface area contributed by atoms with E-state index in [1.165, 1.54) is 5.39 Å².